The number of hydrogen-bond donors (Lipinski definition) is 1. The van der Waals surface area contributed by atoms with Gasteiger partial charge in [-0.05, 0) is 43.6 Å². The van der Waals surface area contributed by atoms with Gasteiger partial charge in [0, 0.05) is 19.3 Å². The highest BCUT2D eigenvalue weighted by molar-refractivity contribution is 7.99. The lowest BCUT2D eigenvalue weighted by Gasteiger charge is -2.45. The number of thioether (sulfide) groups is 1. The van der Waals surface area contributed by atoms with Gasteiger partial charge >= 0.3 is 0 Å². The summed E-state index contributed by atoms with van der Waals surface area (Å²) in [6.45, 7) is 5.23. The van der Waals surface area contributed by atoms with Crippen molar-refractivity contribution in [3.8, 4) is 0 Å². The van der Waals surface area contributed by atoms with Crippen LogP contribution in [0.4, 0.5) is 0 Å². The van der Waals surface area contributed by atoms with Crippen LogP contribution in [0.25, 0.3) is 0 Å². The molecule has 0 bridgehead atoms. The highest BCUT2D eigenvalue weighted by Gasteiger charge is 2.51. The molecule has 5 nitrogen and oxygen atoms in total. The molecule has 6 heteroatoms. The number of nitrogens with one attached hydrogen (secondary N) is 1. The van der Waals surface area contributed by atoms with E-state index in [1.54, 1.807) is 0 Å². The second-order valence-electron chi connectivity index (χ2n) is 7.67. The molecule has 0 radical (unpaired) electrons. The smallest absolute Gasteiger partial charge is 0.227 e. The number of ketones is 1. The quantitative estimate of drug-likeness (QED) is 0.807. The predicted molar refractivity (Wildman–Crippen MR) is 98.6 cm³/mol. The Morgan fingerprint density at radius 2 is 1.56 bits per heavy atom. The lowest BCUT2D eigenvalue weighted by molar-refractivity contribution is -0.188. The minimum absolute atomic E-state index is 0.0845. The third-order valence-corrected chi connectivity index (χ3v) is 7.48. The average Bonchev–Trinajstić information content (AvgIpc) is 3.12. The summed E-state index contributed by atoms with van der Waals surface area (Å²) in [6.07, 6.45) is 5.68. The van der Waals surface area contributed by atoms with Gasteiger partial charge in [-0.1, -0.05) is 13.8 Å². The zero-order chi connectivity index (χ0) is 18.0. The lowest BCUT2D eigenvalue weighted by atomic mass is 9.72. The number of carbonyl (C=O) groups excluding carboxylic acids is 2. The van der Waals surface area contributed by atoms with Crippen LogP contribution in [0.15, 0.2) is 0 Å². The van der Waals surface area contributed by atoms with Crippen molar-refractivity contribution in [3.05, 3.63) is 0 Å². The van der Waals surface area contributed by atoms with Crippen molar-refractivity contribution in [3.63, 3.8) is 0 Å². The Labute approximate surface area is 155 Å². The molecule has 0 aromatic carbocycles. The van der Waals surface area contributed by atoms with Gasteiger partial charge in [0.25, 0.3) is 0 Å². The molecule has 1 aliphatic carbocycles. The summed E-state index contributed by atoms with van der Waals surface area (Å²) < 4.78 is 11.6. The monoisotopic (exact) mass is 369 g/mol. The first-order valence-corrected chi connectivity index (χ1v) is 10.9. The van der Waals surface area contributed by atoms with Crippen LogP contribution < -0.4 is 5.32 Å². The maximum absolute atomic E-state index is 13.2. The first-order chi connectivity index (χ1) is 12.0. The molecular weight excluding hydrogens is 338 g/mol. The average molecular weight is 370 g/mol. The van der Waals surface area contributed by atoms with Crippen LogP contribution >= 0.6 is 11.8 Å². The van der Waals surface area contributed by atoms with E-state index in [9.17, 15) is 9.59 Å². The molecule has 1 amide bonds. The summed E-state index contributed by atoms with van der Waals surface area (Å²) in [5, 5.41) is 3.24. The minimum atomic E-state index is -0.737. The standard InChI is InChI=1S/C19H31NO4S/c1-3-15(21)18(5-7-19(8-6-18)23-11-12-24-19)20-16(22)17(4-2)9-13-25-14-10-17/h3-14H2,1-2H3,(H,20,22). The number of carbonyl (C=O) groups is 2. The Kier molecular flexibility index (Phi) is 5.81. The zero-order valence-corrected chi connectivity index (χ0v) is 16.3. The van der Waals surface area contributed by atoms with Crippen molar-refractivity contribution in [2.45, 2.75) is 76.5 Å². The second-order valence-corrected chi connectivity index (χ2v) is 8.89. The molecule has 0 aromatic heterocycles. The van der Waals surface area contributed by atoms with Crippen LogP contribution in [-0.4, -0.2) is 47.7 Å². The Morgan fingerprint density at radius 3 is 2.08 bits per heavy atom. The molecule has 3 rings (SSSR count). The van der Waals surface area contributed by atoms with Crippen LogP contribution in [0.3, 0.4) is 0 Å². The van der Waals surface area contributed by atoms with Crippen molar-refractivity contribution < 1.29 is 19.1 Å². The molecule has 142 valence electrons. The molecule has 1 N–H and O–H groups in total. The second kappa shape index (κ2) is 7.57. The van der Waals surface area contributed by atoms with Crippen molar-refractivity contribution in [2.24, 2.45) is 5.41 Å². The first-order valence-electron chi connectivity index (χ1n) is 9.71. The molecule has 2 saturated heterocycles. The van der Waals surface area contributed by atoms with E-state index in [2.05, 4.69) is 12.2 Å². The van der Waals surface area contributed by atoms with Crippen LogP contribution in [0.2, 0.25) is 0 Å². The summed E-state index contributed by atoms with van der Waals surface area (Å²) >= 11 is 1.92. The molecule has 0 aromatic rings. The van der Waals surface area contributed by atoms with Gasteiger partial charge < -0.3 is 14.8 Å². The Bertz CT molecular complexity index is 500. The van der Waals surface area contributed by atoms with Gasteiger partial charge in [-0.3, -0.25) is 9.59 Å². The Morgan fingerprint density at radius 1 is 0.960 bits per heavy atom. The van der Waals surface area contributed by atoms with Gasteiger partial charge in [-0.15, -0.1) is 0 Å². The molecule has 2 heterocycles. The molecule has 1 spiro atoms. The minimum Gasteiger partial charge on any atom is -0.348 e. The van der Waals surface area contributed by atoms with E-state index >= 15 is 0 Å². The maximum atomic E-state index is 13.2. The first kappa shape index (κ1) is 19.2. The molecular formula is C19H31NO4S. The molecule has 3 aliphatic rings. The molecule has 0 atom stereocenters. The van der Waals surface area contributed by atoms with Gasteiger partial charge in [0.1, 0.15) is 0 Å². The van der Waals surface area contributed by atoms with E-state index in [4.69, 9.17) is 9.47 Å². The Hall–Kier alpha value is -0.590. The fraction of sp³-hybridized carbons (Fsp3) is 0.895. The fourth-order valence-corrected chi connectivity index (χ4v) is 5.78. The summed E-state index contributed by atoms with van der Waals surface area (Å²) in [7, 11) is 0. The maximum Gasteiger partial charge on any atom is 0.227 e. The molecule has 0 unspecified atom stereocenters. The van der Waals surface area contributed by atoms with Crippen LogP contribution in [0, 0.1) is 5.41 Å². The van der Waals surface area contributed by atoms with Gasteiger partial charge in [0.15, 0.2) is 11.6 Å². The molecule has 3 fully saturated rings. The van der Waals surface area contributed by atoms with Gasteiger partial charge in [0.05, 0.1) is 24.2 Å². The topological polar surface area (TPSA) is 64.6 Å². The van der Waals surface area contributed by atoms with E-state index in [0.29, 0.717) is 45.3 Å². The van der Waals surface area contributed by atoms with Gasteiger partial charge in [0.2, 0.25) is 5.91 Å². The lowest BCUT2D eigenvalue weighted by Crippen LogP contribution is -2.61. The zero-order valence-electron chi connectivity index (χ0n) is 15.5. The van der Waals surface area contributed by atoms with E-state index in [1.165, 1.54) is 0 Å². The van der Waals surface area contributed by atoms with E-state index < -0.39 is 11.3 Å². The SMILES string of the molecule is CCC(=O)C1(NC(=O)C2(CC)CCSCC2)CCC2(CC1)OCCO2. The third kappa shape index (κ3) is 3.62. The molecule has 1 saturated carbocycles. The van der Waals surface area contributed by atoms with E-state index in [-0.39, 0.29) is 17.1 Å². The number of Topliss-reactive ketones (excluding diaryl/α,β-unsaturated/α-hetero) is 1. The normalized spacial score (nSPS) is 27.1. The van der Waals surface area contributed by atoms with E-state index in [1.807, 2.05) is 18.7 Å². The van der Waals surface area contributed by atoms with Crippen LogP contribution in [0.1, 0.15) is 65.2 Å². The number of rotatable bonds is 5. The highest BCUT2D eigenvalue weighted by atomic mass is 32.2. The van der Waals surface area contributed by atoms with Gasteiger partial charge in [-0.25, -0.2) is 0 Å². The van der Waals surface area contributed by atoms with Crippen molar-refractivity contribution in [1.82, 2.24) is 5.32 Å². The van der Waals surface area contributed by atoms with Crippen molar-refractivity contribution in [2.75, 3.05) is 24.7 Å². The molecule has 25 heavy (non-hydrogen) atoms. The third-order valence-electron chi connectivity index (χ3n) is 6.49. The van der Waals surface area contributed by atoms with Crippen LogP contribution in [0.5, 0.6) is 0 Å². The largest absolute Gasteiger partial charge is 0.348 e. The summed E-state index contributed by atoms with van der Waals surface area (Å²) in [5.41, 5.74) is -1.04. The predicted octanol–water partition coefficient (Wildman–Crippen LogP) is 3.06. The van der Waals surface area contributed by atoms with Crippen molar-refractivity contribution >= 4 is 23.5 Å². The van der Waals surface area contributed by atoms with Gasteiger partial charge in [-0.2, -0.15) is 11.8 Å². The number of hydrogen-bond acceptors (Lipinski definition) is 5. The highest BCUT2D eigenvalue weighted by Crippen LogP contribution is 2.43. The summed E-state index contributed by atoms with van der Waals surface area (Å²) in [4.78, 5) is 26.0. The van der Waals surface area contributed by atoms with E-state index in [0.717, 1.165) is 30.8 Å². The molecule has 2 aliphatic heterocycles. The number of ether oxygens (including phenoxy) is 2. The number of amides is 1. The van der Waals surface area contributed by atoms with Crippen LogP contribution in [-0.2, 0) is 19.1 Å². The summed E-state index contributed by atoms with van der Waals surface area (Å²) in [6, 6.07) is 0. The Balaban J connectivity index is 1.75. The van der Waals surface area contributed by atoms with Crippen molar-refractivity contribution in [1.29, 1.82) is 0 Å². The summed E-state index contributed by atoms with van der Waals surface area (Å²) in [5.74, 6) is 1.76. The fourth-order valence-electron chi connectivity index (χ4n) is 4.51.